The van der Waals surface area contributed by atoms with Crippen LogP contribution < -0.4 is 0 Å². The highest BCUT2D eigenvalue weighted by Gasteiger charge is 2.69. The fourth-order valence-electron chi connectivity index (χ4n) is 13.3. The number of allylic oxidation sites excluding steroid dienone is 1. The minimum Gasteiger partial charge on any atom is -0.462 e. The normalized spacial score (nSPS) is 36.0. The Morgan fingerprint density at radius 2 is 1.77 bits per heavy atom. The number of ether oxygens (including phenoxy) is 1. The van der Waals surface area contributed by atoms with Crippen LogP contribution in [0.25, 0.3) is 11.3 Å². The molecule has 4 saturated carbocycles. The molecule has 7 rings (SSSR count). The molecule has 2 aromatic rings. The molecule has 0 unspecified atom stereocenters. The summed E-state index contributed by atoms with van der Waals surface area (Å²) >= 11 is 0. The van der Waals surface area contributed by atoms with Crippen LogP contribution in [0, 0.1) is 58.2 Å². The lowest BCUT2D eigenvalue weighted by Gasteiger charge is -2.68. The highest BCUT2D eigenvalue weighted by Crippen LogP contribution is 2.74. The molecule has 5 aliphatic rings. The number of aromatic nitrogens is 2. The van der Waals surface area contributed by atoms with Gasteiger partial charge < -0.3 is 14.6 Å². The molecule has 0 bridgehead atoms. The first-order valence-corrected chi connectivity index (χ1v) is 21.4. The molecular weight excluding hydrogens is 655 g/mol. The Bertz CT molecular complexity index is 1680. The maximum atomic E-state index is 15.4. The highest BCUT2D eigenvalue weighted by atomic mass is 16.5. The number of nitrogens with one attached hydrogen (secondary N) is 1. The molecule has 5 fully saturated rings. The average Bonchev–Trinajstić information content (AvgIpc) is 3.89. The fraction of sp³-hybridized carbons (Fsp3) is 0.723. The summed E-state index contributed by atoms with van der Waals surface area (Å²) in [5, 5.41) is 0. The molecule has 1 amide bonds. The van der Waals surface area contributed by atoms with Crippen LogP contribution in [0.5, 0.6) is 0 Å². The largest absolute Gasteiger partial charge is 0.462 e. The van der Waals surface area contributed by atoms with Crippen molar-refractivity contribution in [3.05, 3.63) is 54.0 Å². The number of aryl methyl sites for hydroxylation is 1. The number of nitrogens with zero attached hydrogens (tertiary/aromatic N) is 2. The van der Waals surface area contributed by atoms with Gasteiger partial charge in [-0.05, 0) is 137 Å². The van der Waals surface area contributed by atoms with Crippen molar-refractivity contribution >= 4 is 11.9 Å². The molecule has 1 N–H and O–H groups in total. The van der Waals surface area contributed by atoms with E-state index in [0.29, 0.717) is 35.5 Å². The predicted octanol–water partition coefficient (Wildman–Crippen LogP) is 11.4. The molecular formula is C47H69N3O3. The zero-order valence-electron chi connectivity index (χ0n) is 34.4. The van der Waals surface area contributed by atoms with Gasteiger partial charge in [0.15, 0.2) is 0 Å². The van der Waals surface area contributed by atoms with Crippen LogP contribution >= 0.6 is 0 Å². The van der Waals surface area contributed by atoms with Crippen LogP contribution in [0.3, 0.4) is 0 Å². The Morgan fingerprint density at radius 3 is 2.47 bits per heavy atom. The number of esters is 1. The lowest BCUT2D eigenvalue weighted by atomic mass is 9.37. The van der Waals surface area contributed by atoms with Gasteiger partial charge in [-0.3, -0.25) is 9.59 Å². The van der Waals surface area contributed by atoms with E-state index in [-0.39, 0.29) is 39.8 Å². The summed E-state index contributed by atoms with van der Waals surface area (Å²) in [4.78, 5) is 38.5. The first kappa shape index (κ1) is 38.4. The van der Waals surface area contributed by atoms with Crippen molar-refractivity contribution in [2.75, 3.05) is 6.54 Å². The van der Waals surface area contributed by atoms with Crippen molar-refractivity contribution < 1.29 is 14.3 Å². The minimum atomic E-state index is -0.318. The lowest BCUT2D eigenvalue weighted by molar-refractivity contribution is -0.198. The Morgan fingerprint density at radius 1 is 1.02 bits per heavy atom. The topological polar surface area (TPSA) is 75.3 Å². The van der Waals surface area contributed by atoms with Crippen molar-refractivity contribution in [2.24, 2.45) is 51.2 Å². The van der Waals surface area contributed by atoms with Crippen molar-refractivity contribution in [1.29, 1.82) is 0 Å². The molecule has 6 heteroatoms. The van der Waals surface area contributed by atoms with Gasteiger partial charge in [0.2, 0.25) is 5.91 Å². The van der Waals surface area contributed by atoms with Crippen LogP contribution in [0.4, 0.5) is 0 Å². The van der Waals surface area contributed by atoms with Crippen LogP contribution in [0.15, 0.2) is 42.6 Å². The molecule has 53 heavy (non-hydrogen) atoms. The summed E-state index contributed by atoms with van der Waals surface area (Å²) in [5.41, 5.74) is 4.74. The third kappa shape index (κ3) is 6.34. The summed E-state index contributed by atoms with van der Waals surface area (Å²) in [5.74, 6) is 3.67. The predicted molar refractivity (Wildman–Crippen MR) is 214 cm³/mol. The van der Waals surface area contributed by atoms with Crippen LogP contribution in [-0.2, 0) is 14.3 Å². The number of unbranched alkanes of at least 4 members (excludes halogenated alkanes) is 1. The summed E-state index contributed by atoms with van der Waals surface area (Å²) in [6, 6.07) is 8.60. The Labute approximate surface area is 320 Å². The number of benzene rings is 1. The number of imidazole rings is 1. The second-order valence-electron chi connectivity index (χ2n) is 19.6. The van der Waals surface area contributed by atoms with Gasteiger partial charge in [0.25, 0.3) is 0 Å². The van der Waals surface area contributed by atoms with Crippen LogP contribution in [0.1, 0.15) is 156 Å². The van der Waals surface area contributed by atoms with Crippen LogP contribution in [-0.4, -0.2) is 39.4 Å². The van der Waals surface area contributed by atoms with Gasteiger partial charge in [-0.15, -0.1) is 0 Å². The van der Waals surface area contributed by atoms with Gasteiger partial charge in [0.1, 0.15) is 11.9 Å². The fourth-order valence-corrected chi connectivity index (χ4v) is 13.3. The summed E-state index contributed by atoms with van der Waals surface area (Å²) < 4.78 is 6.07. The van der Waals surface area contributed by atoms with Gasteiger partial charge >= 0.3 is 5.97 Å². The van der Waals surface area contributed by atoms with E-state index < -0.39 is 0 Å². The van der Waals surface area contributed by atoms with Gasteiger partial charge in [-0.2, -0.15) is 0 Å². The maximum Gasteiger partial charge on any atom is 0.302 e. The summed E-state index contributed by atoms with van der Waals surface area (Å²) in [6.07, 6.45) is 17.4. The summed E-state index contributed by atoms with van der Waals surface area (Å²) in [6.45, 7) is 23.6. The molecule has 2 heterocycles. The van der Waals surface area contributed by atoms with Crippen molar-refractivity contribution in [1.82, 2.24) is 14.9 Å². The van der Waals surface area contributed by atoms with Gasteiger partial charge in [-0.1, -0.05) is 89.4 Å². The second-order valence-corrected chi connectivity index (χ2v) is 19.6. The van der Waals surface area contributed by atoms with Gasteiger partial charge in [0.05, 0.1) is 23.3 Å². The molecule has 10 atom stereocenters. The quantitative estimate of drug-likeness (QED) is 0.196. The second kappa shape index (κ2) is 14.3. The number of amides is 1. The first-order valence-electron chi connectivity index (χ1n) is 21.4. The van der Waals surface area contributed by atoms with Gasteiger partial charge in [-0.25, -0.2) is 4.98 Å². The number of aromatic amines is 1. The summed E-state index contributed by atoms with van der Waals surface area (Å²) in [7, 11) is 0. The molecule has 1 aliphatic heterocycles. The van der Waals surface area contributed by atoms with Gasteiger partial charge in [0, 0.05) is 18.9 Å². The molecule has 1 aromatic carbocycles. The third-order valence-electron chi connectivity index (χ3n) is 16.8. The third-order valence-corrected chi connectivity index (χ3v) is 16.8. The van der Waals surface area contributed by atoms with E-state index in [1.54, 1.807) is 6.92 Å². The van der Waals surface area contributed by atoms with E-state index >= 15 is 4.79 Å². The van der Waals surface area contributed by atoms with Crippen molar-refractivity contribution in [2.45, 2.75) is 157 Å². The highest BCUT2D eigenvalue weighted by molar-refractivity contribution is 5.84. The average molecular weight is 724 g/mol. The van der Waals surface area contributed by atoms with E-state index in [2.05, 4.69) is 89.2 Å². The molecule has 6 nitrogen and oxygen atoms in total. The molecule has 0 radical (unpaired) electrons. The van der Waals surface area contributed by atoms with E-state index in [1.165, 1.54) is 43.2 Å². The van der Waals surface area contributed by atoms with E-state index in [9.17, 15) is 4.79 Å². The molecule has 290 valence electrons. The molecule has 1 aromatic heterocycles. The Balaban J connectivity index is 1.14. The molecule has 0 spiro atoms. The number of fused-ring (bicyclic) bond motifs is 5. The zero-order chi connectivity index (χ0) is 37.9. The minimum absolute atomic E-state index is 0.00827. The number of H-pyrrole nitrogens is 1. The number of hydrogen-bond donors (Lipinski definition) is 1. The van der Waals surface area contributed by atoms with E-state index in [1.807, 2.05) is 6.20 Å². The molecule has 1 saturated heterocycles. The molecule has 4 aliphatic carbocycles. The van der Waals surface area contributed by atoms with E-state index in [4.69, 9.17) is 9.72 Å². The monoisotopic (exact) mass is 724 g/mol. The first-order chi connectivity index (χ1) is 25.2. The SMILES string of the molecule is C=C(C)[C@@H]1CC[C@]2(C(=O)N3CCC[C@H]3c3ncc(-c4ccc(C)cc4)[nH]3)CC[C@]3(C)[C@H](CC[C@@H]4C[C@H](C(C)(C)[C@H](CCCC)OC(C)=O)CC[C@]43C)[C@@H]12. The standard InChI is InChI=1S/C47H69N3O3/c1-10-11-14-40(53-32(5)51)44(6,7)34-21-23-45(8)35(28-34)19-20-37-41-36(30(2)3)22-24-47(41,26-25-46(37,45)9)43(52)50-27-12-13-39(50)42-48-29-38(49-42)33-17-15-31(4)16-18-33/h15-18,29,34-37,39-41H,2,10-14,19-28H2,1,3-9H3,(H,48,49)/t34-,35-,36+,37-,39+,40+,41-,45-,46-,47+/m1/s1. The Kier molecular flexibility index (Phi) is 10.4. The lowest BCUT2D eigenvalue weighted by Crippen LogP contribution is -2.63. The zero-order valence-corrected chi connectivity index (χ0v) is 34.4. The number of likely N-dealkylation sites (tertiary alicyclic amines) is 1. The smallest absolute Gasteiger partial charge is 0.302 e. The van der Waals surface area contributed by atoms with E-state index in [0.717, 1.165) is 81.4 Å². The Hall–Kier alpha value is -2.89. The van der Waals surface area contributed by atoms with Crippen molar-refractivity contribution in [3.63, 3.8) is 0 Å². The number of carbonyl (C=O) groups excluding carboxylic acids is 2. The number of carbonyl (C=O) groups is 2. The number of rotatable bonds is 10. The maximum absolute atomic E-state index is 15.4. The number of hydrogen-bond acceptors (Lipinski definition) is 4. The van der Waals surface area contributed by atoms with Crippen LogP contribution in [0.2, 0.25) is 0 Å². The van der Waals surface area contributed by atoms with Crippen molar-refractivity contribution in [3.8, 4) is 11.3 Å².